The third kappa shape index (κ3) is 6.15. The van der Waals surface area contributed by atoms with Crippen LogP contribution in [0.1, 0.15) is 56.2 Å². The molecule has 5 heterocycles. The predicted octanol–water partition coefficient (Wildman–Crippen LogP) is 6.27. The maximum Gasteiger partial charge on any atom is 0.319 e. The molecule has 0 spiro atoms. The Bertz CT molecular complexity index is 1940. The highest BCUT2D eigenvalue weighted by Crippen LogP contribution is 2.47. The van der Waals surface area contributed by atoms with E-state index < -0.39 is 11.6 Å². The number of nitrogens with zero attached hydrogens (tertiary/aromatic N) is 5. The smallest absolute Gasteiger partial charge is 0.319 e. The van der Waals surface area contributed by atoms with Crippen molar-refractivity contribution in [3.05, 3.63) is 47.2 Å². The largest absolute Gasteiger partial charge is 0.468 e. The van der Waals surface area contributed by atoms with E-state index in [1.165, 1.54) is 32.4 Å². The minimum Gasteiger partial charge on any atom is -0.468 e. The fraction of sp³-hybridized carbons (Fsp3) is 0.500. The lowest BCUT2D eigenvalue weighted by molar-refractivity contribution is 0.0512. The number of ether oxygens (including phenoxy) is 4. The molecule has 1 saturated carbocycles. The van der Waals surface area contributed by atoms with Crippen LogP contribution in [0.5, 0.6) is 11.8 Å². The summed E-state index contributed by atoms with van der Waals surface area (Å²) < 4.78 is 55.7. The Balaban J connectivity index is 1.28. The molecular weight excluding hydrogens is 628 g/mol. The number of anilines is 1. The van der Waals surface area contributed by atoms with Gasteiger partial charge in [0.1, 0.15) is 28.6 Å². The van der Waals surface area contributed by atoms with E-state index in [-0.39, 0.29) is 41.0 Å². The second-order valence-electron chi connectivity index (χ2n) is 13.9. The number of fused-ring (bicyclic) bond motifs is 3. The number of hydrogen-bond donors (Lipinski definition) is 0. The van der Waals surface area contributed by atoms with Gasteiger partial charge in [-0.25, -0.2) is 13.8 Å². The number of aryl methyl sites for hydroxylation is 1. The van der Waals surface area contributed by atoms with Crippen LogP contribution in [0.15, 0.2) is 24.3 Å². The Morgan fingerprint density at radius 2 is 1.88 bits per heavy atom. The van der Waals surface area contributed by atoms with Crippen molar-refractivity contribution in [3.8, 4) is 35.4 Å². The topological polar surface area (TPSA) is 82.1 Å². The maximum absolute atomic E-state index is 17.3. The van der Waals surface area contributed by atoms with E-state index in [0.717, 1.165) is 45.3 Å². The molecule has 4 aromatic rings. The second kappa shape index (κ2) is 13.3. The molecule has 0 unspecified atom stereocenters. The molecule has 1 aliphatic carbocycles. The van der Waals surface area contributed by atoms with Crippen LogP contribution in [0.3, 0.4) is 0 Å². The predicted molar refractivity (Wildman–Crippen MR) is 183 cm³/mol. The molecule has 2 aromatic heterocycles. The number of hydrogen-bond acceptors (Lipinski definition) is 9. The van der Waals surface area contributed by atoms with E-state index in [1.54, 1.807) is 18.2 Å². The van der Waals surface area contributed by atoms with Crippen molar-refractivity contribution in [2.45, 2.75) is 57.4 Å². The fourth-order valence-corrected chi connectivity index (χ4v) is 7.77. The summed E-state index contributed by atoms with van der Waals surface area (Å²) in [5.41, 5.74) is 1.22. The number of benzene rings is 2. The van der Waals surface area contributed by atoms with Gasteiger partial charge in [0.2, 0.25) is 0 Å². The number of methoxy groups -OCH3 is 1. The average molecular weight is 670 g/mol. The molecule has 49 heavy (non-hydrogen) atoms. The van der Waals surface area contributed by atoms with Crippen molar-refractivity contribution in [2.24, 2.45) is 5.41 Å². The number of likely N-dealkylation sites (tertiary alicyclic amines) is 1. The lowest BCUT2D eigenvalue weighted by atomic mass is 9.95. The average Bonchev–Trinajstić information content (AvgIpc) is 3.94. The first kappa shape index (κ1) is 32.1. The minimum absolute atomic E-state index is 0.0187. The number of pyridine rings is 1. The highest BCUT2D eigenvalue weighted by molar-refractivity contribution is 6.03. The molecule has 8 rings (SSSR count). The SMILES string of the molecule is C#Cc1c(F)ccc2cc(OCOC)cc(-c3nc4c5c(nc(OCC6(CN7CCCCC7)CC6)nc5c3F)N3CCCOC[C@@H]3CC4)c12. The molecule has 2 saturated heterocycles. The molecule has 0 N–H and O–H groups in total. The highest BCUT2D eigenvalue weighted by atomic mass is 19.1. The normalized spacial score (nSPS) is 20.4. The van der Waals surface area contributed by atoms with Gasteiger partial charge in [-0.1, -0.05) is 18.4 Å². The van der Waals surface area contributed by atoms with Crippen molar-refractivity contribution in [3.63, 3.8) is 0 Å². The molecular formula is C38H41F2N5O4. The van der Waals surface area contributed by atoms with Crippen LogP contribution in [0.4, 0.5) is 14.6 Å². The number of rotatable bonds is 9. The van der Waals surface area contributed by atoms with Crippen LogP contribution in [0.25, 0.3) is 32.9 Å². The van der Waals surface area contributed by atoms with Gasteiger partial charge in [-0.2, -0.15) is 9.97 Å². The van der Waals surface area contributed by atoms with Crippen LogP contribution in [-0.2, 0) is 15.9 Å². The first-order valence-corrected chi connectivity index (χ1v) is 17.4. The zero-order valence-electron chi connectivity index (χ0n) is 27.9. The van der Waals surface area contributed by atoms with Gasteiger partial charge in [0.05, 0.1) is 35.9 Å². The zero-order valence-corrected chi connectivity index (χ0v) is 27.9. The lowest BCUT2D eigenvalue weighted by Gasteiger charge is -2.31. The van der Waals surface area contributed by atoms with E-state index in [1.807, 2.05) is 0 Å². The van der Waals surface area contributed by atoms with Gasteiger partial charge in [0.25, 0.3) is 0 Å². The quantitative estimate of drug-likeness (QED) is 0.151. The van der Waals surface area contributed by atoms with Crippen molar-refractivity contribution in [1.29, 1.82) is 0 Å². The van der Waals surface area contributed by atoms with Gasteiger partial charge in [0.15, 0.2) is 12.6 Å². The summed E-state index contributed by atoms with van der Waals surface area (Å²) in [7, 11) is 1.52. The van der Waals surface area contributed by atoms with Crippen molar-refractivity contribution in [2.75, 3.05) is 64.8 Å². The monoisotopic (exact) mass is 669 g/mol. The van der Waals surface area contributed by atoms with Gasteiger partial charge in [-0.15, -0.1) is 6.42 Å². The van der Waals surface area contributed by atoms with Crippen LogP contribution >= 0.6 is 0 Å². The summed E-state index contributed by atoms with van der Waals surface area (Å²) in [5.74, 6) is 2.29. The molecule has 4 aliphatic rings. The summed E-state index contributed by atoms with van der Waals surface area (Å²) >= 11 is 0. The Morgan fingerprint density at radius 1 is 1.02 bits per heavy atom. The van der Waals surface area contributed by atoms with E-state index in [2.05, 4.69) is 15.7 Å². The van der Waals surface area contributed by atoms with Gasteiger partial charge in [0, 0.05) is 43.2 Å². The van der Waals surface area contributed by atoms with Crippen LogP contribution in [0.2, 0.25) is 0 Å². The summed E-state index contributed by atoms with van der Waals surface area (Å²) in [4.78, 5) is 19.5. The first-order valence-electron chi connectivity index (χ1n) is 17.4. The highest BCUT2D eigenvalue weighted by Gasteiger charge is 2.45. The van der Waals surface area contributed by atoms with Crippen LogP contribution < -0.4 is 14.4 Å². The van der Waals surface area contributed by atoms with Gasteiger partial charge in [-0.05, 0) is 81.6 Å². The molecule has 1 atom stereocenters. The zero-order chi connectivity index (χ0) is 33.5. The second-order valence-corrected chi connectivity index (χ2v) is 13.9. The molecule has 256 valence electrons. The third-order valence-electron chi connectivity index (χ3n) is 10.5. The molecule has 3 fully saturated rings. The van der Waals surface area contributed by atoms with Crippen molar-refractivity contribution < 1.29 is 27.7 Å². The molecule has 0 bridgehead atoms. The van der Waals surface area contributed by atoms with E-state index in [4.69, 9.17) is 40.3 Å². The summed E-state index contributed by atoms with van der Waals surface area (Å²) in [6.45, 7) is 5.60. The van der Waals surface area contributed by atoms with Gasteiger partial charge in [-0.3, -0.25) is 0 Å². The van der Waals surface area contributed by atoms with E-state index in [0.29, 0.717) is 71.8 Å². The summed E-state index contributed by atoms with van der Waals surface area (Å²) in [5, 5.41) is 1.54. The Labute approximate surface area is 284 Å². The fourth-order valence-electron chi connectivity index (χ4n) is 7.77. The number of terminal acetylenes is 1. The van der Waals surface area contributed by atoms with Gasteiger partial charge >= 0.3 is 6.01 Å². The standard InChI is InChI=1S/C38H41F2N5O4/c1-3-27-29(39)10-8-24-18-26(49-23-46-2)19-28(31(24)27)34-33(40)35-32-30(41-34)11-9-25-20-47-17-7-16-45(25)36(32)43-37(42-35)48-22-38(12-13-38)21-44-14-5-4-6-15-44/h1,8,10,18-19,25H,4-7,9,11-17,20-23H2,2H3/t25-/m0/s1. The molecule has 3 aliphatic heterocycles. The first-order chi connectivity index (χ1) is 24.0. The molecule has 0 amide bonds. The van der Waals surface area contributed by atoms with Crippen molar-refractivity contribution >= 4 is 27.5 Å². The summed E-state index contributed by atoms with van der Waals surface area (Å²) in [6.07, 6.45) is 13.9. The van der Waals surface area contributed by atoms with Gasteiger partial charge < -0.3 is 28.7 Å². The Kier molecular flexibility index (Phi) is 8.72. The molecule has 2 aromatic carbocycles. The van der Waals surface area contributed by atoms with Crippen LogP contribution in [0, 0.1) is 29.4 Å². The summed E-state index contributed by atoms with van der Waals surface area (Å²) in [6, 6.07) is 6.47. The number of halogens is 2. The van der Waals surface area contributed by atoms with Crippen LogP contribution in [-0.4, -0.2) is 85.8 Å². The lowest BCUT2D eigenvalue weighted by Crippen LogP contribution is -2.38. The number of piperidine rings is 1. The maximum atomic E-state index is 17.3. The Morgan fingerprint density at radius 3 is 2.67 bits per heavy atom. The molecule has 0 radical (unpaired) electrons. The third-order valence-corrected chi connectivity index (χ3v) is 10.5. The van der Waals surface area contributed by atoms with E-state index in [9.17, 15) is 0 Å². The van der Waals surface area contributed by atoms with Crippen molar-refractivity contribution in [1.82, 2.24) is 19.9 Å². The molecule has 9 nitrogen and oxygen atoms in total. The van der Waals surface area contributed by atoms with E-state index >= 15 is 8.78 Å². The Hall–Kier alpha value is -4.11. The minimum atomic E-state index is -0.649. The number of aromatic nitrogens is 3. The molecule has 11 heteroatoms.